The molecule has 1 saturated heterocycles. The molecule has 1 aliphatic heterocycles. The number of hydrogen-bond donors (Lipinski definition) is 1. The van der Waals surface area contributed by atoms with Crippen LogP contribution in [0.15, 0.2) is 72.9 Å². The zero-order valence-corrected chi connectivity index (χ0v) is 18.2. The molecule has 0 aliphatic carbocycles. The van der Waals surface area contributed by atoms with Crippen molar-refractivity contribution in [1.29, 1.82) is 0 Å². The second-order valence-electron chi connectivity index (χ2n) is 7.90. The maximum atomic E-state index is 12.7. The maximum Gasteiger partial charge on any atom is 0.227 e. The monoisotopic (exact) mass is 429 g/mol. The number of pyridine rings is 1. The summed E-state index contributed by atoms with van der Waals surface area (Å²) in [6, 6.07) is 21.3. The number of nitrogens with zero attached hydrogens (tertiary/aromatic N) is 2. The number of ether oxygens (including phenoxy) is 1. The largest absolute Gasteiger partial charge is 0.487 e. The molecular weight excluding hydrogens is 402 g/mol. The molecule has 1 fully saturated rings. The minimum absolute atomic E-state index is 0.0145. The molecule has 32 heavy (non-hydrogen) atoms. The first kappa shape index (κ1) is 21.6. The van der Waals surface area contributed by atoms with Gasteiger partial charge in [0.05, 0.1) is 11.6 Å². The fourth-order valence-electron chi connectivity index (χ4n) is 3.76. The van der Waals surface area contributed by atoms with Crippen LogP contribution in [0.2, 0.25) is 0 Å². The van der Waals surface area contributed by atoms with Crippen LogP contribution < -0.4 is 15.0 Å². The standard InChI is InChI=1S/C26H27N3O3/c1-2-19-9-11-23(12-10-19)29-17-21(15-25(29)30)26(31)28-16-20-6-5-8-24(14-20)32-18-22-7-3-4-13-27-22/h3-14,21H,2,15-18H2,1H3,(H,28,31). The average molecular weight is 430 g/mol. The third-order valence-corrected chi connectivity index (χ3v) is 5.63. The number of carbonyl (C=O) groups excluding carboxylic acids is 2. The summed E-state index contributed by atoms with van der Waals surface area (Å²) in [5.74, 6) is 0.252. The van der Waals surface area contributed by atoms with Gasteiger partial charge in [-0.2, -0.15) is 0 Å². The van der Waals surface area contributed by atoms with Crippen LogP contribution in [0.5, 0.6) is 5.75 Å². The number of benzene rings is 2. The van der Waals surface area contributed by atoms with Crippen LogP contribution in [-0.4, -0.2) is 23.3 Å². The lowest BCUT2D eigenvalue weighted by atomic mass is 10.1. The van der Waals surface area contributed by atoms with E-state index < -0.39 is 0 Å². The number of hydrogen-bond acceptors (Lipinski definition) is 4. The van der Waals surface area contributed by atoms with Crippen molar-refractivity contribution >= 4 is 17.5 Å². The third kappa shape index (κ3) is 5.32. The van der Waals surface area contributed by atoms with Gasteiger partial charge >= 0.3 is 0 Å². The Bertz CT molecular complexity index is 1070. The van der Waals surface area contributed by atoms with E-state index in [-0.39, 0.29) is 24.2 Å². The topological polar surface area (TPSA) is 71.5 Å². The van der Waals surface area contributed by atoms with Gasteiger partial charge < -0.3 is 15.0 Å². The molecule has 2 amide bonds. The number of amides is 2. The minimum Gasteiger partial charge on any atom is -0.487 e. The molecule has 1 atom stereocenters. The Hall–Kier alpha value is -3.67. The molecule has 0 spiro atoms. The highest BCUT2D eigenvalue weighted by Gasteiger charge is 2.34. The molecule has 164 valence electrons. The molecule has 1 unspecified atom stereocenters. The highest BCUT2D eigenvalue weighted by Crippen LogP contribution is 2.26. The highest BCUT2D eigenvalue weighted by atomic mass is 16.5. The quantitative estimate of drug-likeness (QED) is 0.590. The van der Waals surface area contributed by atoms with Crippen molar-refractivity contribution in [3.63, 3.8) is 0 Å². The summed E-state index contributed by atoms with van der Waals surface area (Å²) in [7, 11) is 0. The first-order valence-electron chi connectivity index (χ1n) is 10.9. The summed E-state index contributed by atoms with van der Waals surface area (Å²) in [5.41, 5.74) is 3.86. The molecule has 0 radical (unpaired) electrons. The summed E-state index contributed by atoms with van der Waals surface area (Å²) in [6.07, 6.45) is 2.92. The van der Waals surface area contributed by atoms with Gasteiger partial charge in [0.25, 0.3) is 0 Å². The summed E-state index contributed by atoms with van der Waals surface area (Å²) in [6.45, 7) is 3.27. The van der Waals surface area contributed by atoms with E-state index in [1.165, 1.54) is 5.56 Å². The average Bonchev–Trinajstić information content (AvgIpc) is 3.24. The molecule has 6 heteroatoms. The number of aryl methyl sites for hydroxylation is 1. The van der Waals surface area contributed by atoms with E-state index in [1.54, 1.807) is 11.1 Å². The maximum absolute atomic E-state index is 12.7. The number of nitrogens with one attached hydrogen (secondary N) is 1. The van der Waals surface area contributed by atoms with Crippen LogP contribution in [0, 0.1) is 5.92 Å². The van der Waals surface area contributed by atoms with Gasteiger partial charge in [0.2, 0.25) is 11.8 Å². The molecule has 0 saturated carbocycles. The van der Waals surface area contributed by atoms with Gasteiger partial charge in [-0.3, -0.25) is 14.6 Å². The Labute approximate surface area is 188 Å². The van der Waals surface area contributed by atoms with Crippen molar-refractivity contribution in [1.82, 2.24) is 10.3 Å². The van der Waals surface area contributed by atoms with Crippen molar-refractivity contribution < 1.29 is 14.3 Å². The summed E-state index contributed by atoms with van der Waals surface area (Å²) in [4.78, 5) is 31.1. The van der Waals surface area contributed by atoms with E-state index in [4.69, 9.17) is 4.74 Å². The van der Waals surface area contributed by atoms with Crippen molar-refractivity contribution in [3.05, 3.63) is 89.7 Å². The molecule has 1 aliphatic rings. The van der Waals surface area contributed by atoms with Crippen molar-refractivity contribution in [3.8, 4) is 5.75 Å². The van der Waals surface area contributed by atoms with Gasteiger partial charge in [-0.1, -0.05) is 37.3 Å². The van der Waals surface area contributed by atoms with Crippen LogP contribution >= 0.6 is 0 Å². The summed E-state index contributed by atoms with van der Waals surface area (Å²) in [5, 5.41) is 2.97. The molecule has 2 aromatic carbocycles. The van der Waals surface area contributed by atoms with E-state index in [9.17, 15) is 9.59 Å². The number of carbonyl (C=O) groups is 2. The molecular formula is C26H27N3O3. The first-order valence-corrected chi connectivity index (χ1v) is 10.9. The highest BCUT2D eigenvalue weighted by molar-refractivity contribution is 6.00. The van der Waals surface area contributed by atoms with Crippen LogP contribution in [0.1, 0.15) is 30.2 Å². The van der Waals surface area contributed by atoms with Crippen molar-refractivity contribution in [2.45, 2.75) is 32.9 Å². The Morgan fingerprint density at radius 3 is 2.69 bits per heavy atom. The lowest BCUT2D eigenvalue weighted by molar-refractivity contribution is -0.126. The Kier molecular flexibility index (Phi) is 6.80. The predicted octanol–water partition coefficient (Wildman–Crippen LogP) is 3.89. The molecule has 3 aromatic rings. The minimum atomic E-state index is -0.350. The van der Waals surface area contributed by atoms with E-state index in [1.807, 2.05) is 66.7 Å². The van der Waals surface area contributed by atoms with Gasteiger partial charge in [0.1, 0.15) is 12.4 Å². The van der Waals surface area contributed by atoms with Crippen LogP contribution in [0.3, 0.4) is 0 Å². The van der Waals surface area contributed by atoms with Gasteiger partial charge in [-0.15, -0.1) is 0 Å². The lowest BCUT2D eigenvalue weighted by Gasteiger charge is -2.17. The Morgan fingerprint density at radius 1 is 1.09 bits per heavy atom. The van der Waals surface area contributed by atoms with E-state index in [0.29, 0.717) is 19.7 Å². The number of aromatic nitrogens is 1. The van der Waals surface area contributed by atoms with Crippen LogP contribution in [0.4, 0.5) is 5.69 Å². The first-order chi connectivity index (χ1) is 15.6. The zero-order valence-electron chi connectivity index (χ0n) is 18.2. The second-order valence-corrected chi connectivity index (χ2v) is 7.90. The molecule has 4 rings (SSSR count). The lowest BCUT2D eigenvalue weighted by Crippen LogP contribution is -2.32. The van der Waals surface area contributed by atoms with Gasteiger partial charge in [0.15, 0.2) is 0 Å². The van der Waals surface area contributed by atoms with Crippen LogP contribution in [0.25, 0.3) is 0 Å². The normalized spacial score (nSPS) is 15.6. The van der Waals surface area contributed by atoms with E-state index in [0.717, 1.165) is 29.1 Å². The van der Waals surface area contributed by atoms with Crippen molar-refractivity contribution in [2.24, 2.45) is 5.92 Å². The molecule has 1 aromatic heterocycles. The fourth-order valence-corrected chi connectivity index (χ4v) is 3.76. The number of anilines is 1. The fraction of sp³-hybridized carbons (Fsp3) is 0.269. The second kappa shape index (κ2) is 10.1. The van der Waals surface area contributed by atoms with Crippen molar-refractivity contribution in [2.75, 3.05) is 11.4 Å². The SMILES string of the molecule is CCc1ccc(N2CC(C(=O)NCc3cccc(OCc4ccccn4)c3)CC2=O)cc1. The number of rotatable bonds is 8. The summed E-state index contributed by atoms with van der Waals surface area (Å²) >= 11 is 0. The predicted molar refractivity (Wildman–Crippen MR) is 123 cm³/mol. The molecule has 0 bridgehead atoms. The zero-order chi connectivity index (χ0) is 22.3. The van der Waals surface area contributed by atoms with E-state index in [2.05, 4.69) is 17.2 Å². The molecule has 1 N–H and O–H groups in total. The molecule has 6 nitrogen and oxygen atoms in total. The van der Waals surface area contributed by atoms with Crippen LogP contribution in [-0.2, 0) is 29.2 Å². The smallest absolute Gasteiger partial charge is 0.227 e. The third-order valence-electron chi connectivity index (χ3n) is 5.63. The molecule has 2 heterocycles. The van der Waals surface area contributed by atoms with Gasteiger partial charge in [0, 0.05) is 31.4 Å². The van der Waals surface area contributed by atoms with Gasteiger partial charge in [-0.25, -0.2) is 0 Å². The Balaban J connectivity index is 1.30. The van der Waals surface area contributed by atoms with Gasteiger partial charge in [-0.05, 0) is 53.9 Å². The Morgan fingerprint density at radius 2 is 1.94 bits per heavy atom. The summed E-state index contributed by atoms with van der Waals surface area (Å²) < 4.78 is 5.81. The van der Waals surface area contributed by atoms with E-state index >= 15 is 0 Å².